The quantitative estimate of drug-likeness (QED) is 0.499. The van der Waals surface area contributed by atoms with E-state index in [1.807, 2.05) is 12.1 Å². The molecule has 2 N–H and O–H groups in total. The van der Waals surface area contributed by atoms with Crippen molar-refractivity contribution >= 4 is 34.6 Å². The van der Waals surface area contributed by atoms with Crippen molar-refractivity contribution in [2.45, 2.75) is 12.3 Å². The summed E-state index contributed by atoms with van der Waals surface area (Å²) in [4.78, 5) is 0. The van der Waals surface area contributed by atoms with Crippen LogP contribution in [0.5, 0.6) is 0 Å². The van der Waals surface area contributed by atoms with E-state index in [4.69, 9.17) is 23.8 Å². The molecule has 0 fully saturated rings. The molecule has 138 valence electrons. The molecule has 0 saturated carbocycles. The van der Waals surface area contributed by atoms with E-state index in [-0.39, 0.29) is 10.9 Å². The Labute approximate surface area is 169 Å². The van der Waals surface area contributed by atoms with Crippen LogP contribution in [0.15, 0.2) is 78.9 Å². The van der Waals surface area contributed by atoms with Crippen LogP contribution >= 0.6 is 23.8 Å². The van der Waals surface area contributed by atoms with Gasteiger partial charge in [-0.05, 0) is 48.0 Å². The molecule has 0 aliphatic heterocycles. The molecule has 3 aromatic rings. The molecule has 0 spiro atoms. The summed E-state index contributed by atoms with van der Waals surface area (Å²) in [5, 5.41) is 6.80. The molecule has 2 nitrogen and oxygen atoms in total. The lowest BCUT2D eigenvalue weighted by Crippen LogP contribution is -2.30. The van der Waals surface area contributed by atoms with Crippen molar-refractivity contribution in [3.63, 3.8) is 0 Å². The van der Waals surface area contributed by atoms with Gasteiger partial charge in [0.25, 0.3) is 0 Å². The predicted octanol–water partition coefficient (Wildman–Crippen LogP) is 5.99. The first-order chi connectivity index (χ1) is 13.1. The van der Waals surface area contributed by atoms with E-state index in [2.05, 4.69) is 59.2 Å². The first-order valence-corrected chi connectivity index (χ1v) is 9.52. The van der Waals surface area contributed by atoms with Gasteiger partial charge in [0.1, 0.15) is 5.82 Å². The van der Waals surface area contributed by atoms with Crippen molar-refractivity contribution in [2.24, 2.45) is 0 Å². The lowest BCUT2D eigenvalue weighted by molar-refractivity contribution is 0.628. The van der Waals surface area contributed by atoms with Gasteiger partial charge in [0.15, 0.2) is 5.11 Å². The molecule has 0 aliphatic rings. The molecule has 0 radical (unpaired) electrons. The van der Waals surface area contributed by atoms with Crippen LogP contribution in [-0.2, 0) is 0 Å². The van der Waals surface area contributed by atoms with Crippen LogP contribution in [0.3, 0.4) is 0 Å². The largest absolute Gasteiger partial charge is 0.362 e. The van der Waals surface area contributed by atoms with Crippen molar-refractivity contribution in [3.05, 3.63) is 101 Å². The Morgan fingerprint density at radius 2 is 1.52 bits per heavy atom. The summed E-state index contributed by atoms with van der Waals surface area (Å²) in [6.07, 6.45) is 0.889. The van der Waals surface area contributed by atoms with Crippen molar-refractivity contribution in [3.8, 4) is 0 Å². The summed E-state index contributed by atoms with van der Waals surface area (Å²) in [5.74, 6) is -0.169. The standard InChI is InChI=1S/C22H20ClFN2S/c23-20-15-18(11-12-21(20)24)26-22(27)25-14-13-19(16-7-3-1-4-8-16)17-9-5-2-6-10-17/h1-12,15,19H,13-14H2,(H2,25,26,27). The fourth-order valence-corrected chi connectivity index (χ4v) is 3.38. The highest BCUT2D eigenvalue weighted by Gasteiger charge is 2.13. The molecule has 0 unspecified atom stereocenters. The second kappa shape index (κ2) is 9.49. The van der Waals surface area contributed by atoms with Gasteiger partial charge in [0.05, 0.1) is 5.02 Å². The average Bonchev–Trinajstić information content (AvgIpc) is 2.69. The number of anilines is 1. The Balaban J connectivity index is 1.60. The predicted molar refractivity (Wildman–Crippen MR) is 115 cm³/mol. The van der Waals surface area contributed by atoms with Crippen LogP contribution in [0.4, 0.5) is 10.1 Å². The smallest absolute Gasteiger partial charge is 0.170 e. The number of thiocarbonyl (C=S) groups is 1. The molecular formula is C22H20ClFN2S. The Morgan fingerprint density at radius 1 is 0.926 bits per heavy atom. The van der Waals surface area contributed by atoms with Gasteiger partial charge in [0, 0.05) is 18.2 Å². The number of hydrogen-bond acceptors (Lipinski definition) is 1. The van der Waals surface area contributed by atoms with Crippen molar-refractivity contribution < 1.29 is 4.39 Å². The van der Waals surface area contributed by atoms with E-state index in [0.29, 0.717) is 17.3 Å². The molecule has 3 aromatic carbocycles. The highest BCUT2D eigenvalue weighted by molar-refractivity contribution is 7.80. The highest BCUT2D eigenvalue weighted by Crippen LogP contribution is 2.27. The Bertz CT molecular complexity index is 848. The van der Waals surface area contributed by atoms with Crippen LogP contribution in [0, 0.1) is 5.82 Å². The minimum Gasteiger partial charge on any atom is -0.362 e. The molecule has 0 aromatic heterocycles. The van der Waals surface area contributed by atoms with Crippen molar-refractivity contribution in [1.82, 2.24) is 5.32 Å². The van der Waals surface area contributed by atoms with E-state index >= 15 is 0 Å². The SMILES string of the molecule is Fc1ccc(NC(=S)NCCC(c2ccccc2)c2ccccc2)cc1Cl. The number of nitrogens with one attached hydrogen (secondary N) is 2. The van der Waals surface area contributed by atoms with Crippen LogP contribution in [0.25, 0.3) is 0 Å². The molecule has 0 bridgehead atoms. The lowest BCUT2D eigenvalue weighted by Gasteiger charge is -2.19. The zero-order valence-electron chi connectivity index (χ0n) is 14.7. The van der Waals surface area contributed by atoms with Gasteiger partial charge in [-0.3, -0.25) is 0 Å². The number of halogens is 2. The zero-order valence-corrected chi connectivity index (χ0v) is 16.2. The van der Waals surface area contributed by atoms with E-state index in [1.165, 1.54) is 23.3 Å². The second-order valence-corrected chi connectivity index (χ2v) is 6.99. The number of hydrogen-bond donors (Lipinski definition) is 2. The van der Waals surface area contributed by atoms with Crippen LogP contribution < -0.4 is 10.6 Å². The maximum Gasteiger partial charge on any atom is 0.170 e. The van der Waals surface area contributed by atoms with E-state index in [0.717, 1.165) is 6.42 Å². The van der Waals surface area contributed by atoms with Crippen LogP contribution in [0.1, 0.15) is 23.5 Å². The van der Waals surface area contributed by atoms with Gasteiger partial charge in [-0.25, -0.2) is 4.39 Å². The van der Waals surface area contributed by atoms with Crippen molar-refractivity contribution in [1.29, 1.82) is 0 Å². The van der Waals surface area contributed by atoms with Gasteiger partial charge < -0.3 is 10.6 Å². The third-order valence-corrected chi connectivity index (χ3v) is 4.84. The molecule has 0 amide bonds. The summed E-state index contributed by atoms with van der Waals surface area (Å²) >= 11 is 11.1. The van der Waals surface area contributed by atoms with Gasteiger partial charge in [0.2, 0.25) is 0 Å². The maximum absolute atomic E-state index is 13.2. The average molecular weight is 399 g/mol. The number of benzene rings is 3. The third-order valence-electron chi connectivity index (χ3n) is 4.30. The summed E-state index contributed by atoms with van der Waals surface area (Å²) in [6, 6.07) is 25.3. The molecule has 3 rings (SSSR count). The third kappa shape index (κ3) is 5.52. The Hall–Kier alpha value is -2.43. The highest BCUT2D eigenvalue weighted by atomic mass is 35.5. The minimum atomic E-state index is -0.449. The lowest BCUT2D eigenvalue weighted by atomic mass is 9.88. The minimum absolute atomic E-state index is 0.0658. The molecule has 0 atom stereocenters. The van der Waals surface area contributed by atoms with Crippen LogP contribution in [0.2, 0.25) is 5.02 Å². The molecule has 0 saturated heterocycles. The zero-order chi connectivity index (χ0) is 19.1. The van der Waals surface area contributed by atoms with E-state index < -0.39 is 5.82 Å². The molecule has 27 heavy (non-hydrogen) atoms. The molecule has 0 aliphatic carbocycles. The van der Waals surface area contributed by atoms with Gasteiger partial charge in [-0.1, -0.05) is 72.3 Å². The van der Waals surface area contributed by atoms with Gasteiger partial charge >= 0.3 is 0 Å². The topological polar surface area (TPSA) is 24.1 Å². The summed E-state index contributed by atoms with van der Waals surface area (Å²) in [7, 11) is 0. The summed E-state index contributed by atoms with van der Waals surface area (Å²) < 4.78 is 13.2. The van der Waals surface area contributed by atoms with Crippen LogP contribution in [-0.4, -0.2) is 11.7 Å². The monoisotopic (exact) mass is 398 g/mol. The maximum atomic E-state index is 13.2. The molecule has 0 heterocycles. The molecular weight excluding hydrogens is 379 g/mol. The summed E-state index contributed by atoms with van der Waals surface area (Å²) in [6.45, 7) is 0.704. The van der Waals surface area contributed by atoms with E-state index in [9.17, 15) is 4.39 Å². The van der Waals surface area contributed by atoms with E-state index in [1.54, 1.807) is 6.07 Å². The Morgan fingerprint density at radius 3 is 2.07 bits per heavy atom. The van der Waals surface area contributed by atoms with Gasteiger partial charge in [-0.2, -0.15) is 0 Å². The van der Waals surface area contributed by atoms with Crippen molar-refractivity contribution in [2.75, 3.05) is 11.9 Å². The fourth-order valence-electron chi connectivity index (χ4n) is 2.98. The second-order valence-electron chi connectivity index (χ2n) is 6.17. The number of rotatable bonds is 6. The summed E-state index contributed by atoms with van der Waals surface area (Å²) in [5.41, 5.74) is 3.20. The fraction of sp³-hybridized carbons (Fsp3) is 0.136. The normalized spacial score (nSPS) is 10.6. The first-order valence-electron chi connectivity index (χ1n) is 8.73. The van der Waals surface area contributed by atoms with Gasteiger partial charge in [-0.15, -0.1) is 0 Å². The first kappa shape index (κ1) is 19.3. The Kier molecular flexibility index (Phi) is 6.80. The molecule has 5 heteroatoms.